The van der Waals surface area contributed by atoms with Crippen LogP contribution in [0.5, 0.6) is 0 Å². The largest absolute Gasteiger partial charge is 0.378 e. The molecule has 0 aromatic heterocycles. The van der Waals surface area contributed by atoms with Crippen LogP contribution in [0.2, 0.25) is 0 Å². The minimum atomic E-state index is -0.345. The predicted molar refractivity (Wildman–Crippen MR) is 35.8 cm³/mol. The smallest absolute Gasteiger partial charge is 0.327 e. The van der Waals surface area contributed by atoms with Gasteiger partial charge in [-0.2, -0.15) is 0 Å². The van der Waals surface area contributed by atoms with Crippen molar-refractivity contribution in [2.24, 2.45) is 5.92 Å². The van der Waals surface area contributed by atoms with Gasteiger partial charge >= 0.3 is 5.97 Å². The predicted octanol–water partition coefficient (Wildman–Crippen LogP) is 0.0301. The molecule has 1 unspecified atom stereocenters. The number of hydrogen-bond acceptors (Lipinski definition) is 4. The third kappa shape index (κ3) is 3.42. The molecule has 0 amide bonds. The van der Waals surface area contributed by atoms with Crippen LogP contribution < -0.4 is 5.48 Å². The van der Waals surface area contributed by atoms with E-state index in [4.69, 9.17) is 5.11 Å². The SMILES string of the molecule is CCC(C)C(=O)ONCO. The summed E-state index contributed by atoms with van der Waals surface area (Å²) in [5, 5.41) is 8.18. The lowest BCUT2D eigenvalue weighted by atomic mass is 10.1. The third-order valence-corrected chi connectivity index (χ3v) is 1.25. The highest BCUT2D eigenvalue weighted by molar-refractivity contribution is 5.71. The number of carbonyl (C=O) groups is 1. The topological polar surface area (TPSA) is 58.6 Å². The molecule has 2 N–H and O–H groups in total. The Hall–Kier alpha value is -0.610. The Balaban J connectivity index is 3.42. The van der Waals surface area contributed by atoms with E-state index in [0.717, 1.165) is 6.42 Å². The first-order chi connectivity index (χ1) is 4.72. The minimum absolute atomic E-state index is 0.112. The third-order valence-electron chi connectivity index (χ3n) is 1.25. The van der Waals surface area contributed by atoms with Crippen molar-refractivity contribution in [3.63, 3.8) is 0 Å². The van der Waals surface area contributed by atoms with Crippen molar-refractivity contribution in [1.82, 2.24) is 5.48 Å². The molecule has 0 saturated heterocycles. The Morgan fingerprint density at radius 1 is 1.80 bits per heavy atom. The van der Waals surface area contributed by atoms with Crippen molar-refractivity contribution in [1.29, 1.82) is 0 Å². The van der Waals surface area contributed by atoms with Gasteiger partial charge in [0.05, 0.1) is 5.92 Å². The van der Waals surface area contributed by atoms with E-state index in [0.29, 0.717) is 0 Å². The molecule has 10 heavy (non-hydrogen) atoms. The lowest BCUT2D eigenvalue weighted by Gasteiger charge is -2.06. The molecule has 4 heteroatoms. The van der Waals surface area contributed by atoms with E-state index in [1.54, 1.807) is 6.92 Å². The number of hydrogen-bond donors (Lipinski definition) is 2. The van der Waals surface area contributed by atoms with Crippen LogP contribution in [-0.4, -0.2) is 17.8 Å². The zero-order chi connectivity index (χ0) is 7.98. The Bertz CT molecular complexity index is 105. The van der Waals surface area contributed by atoms with Gasteiger partial charge in [0.25, 0.3) is 0 Å². The first-order valence-electron chi connectivity index (χ1n) is 3.26. The lowest BCUT2D eigenvalue weighted by Crippen LogP contribution is -2.24. The maximum absolute atomic E-state index is 10.7. The van der Waals surface area contributed by atoms with Crippen LogP contribution in [0, 0.1) is 5.92 Å². The Kier molecular flexibility index (Phi) is 4.88. The molecule has 0 aliphatic heterocycles. The van der Waals surface area contributed by atoms with E-state index in [9.17, 15) is 4.79 Å². The molecule has 0 aromatic carbocycles. The monoisotopic (exact) mass is 147 g/mol. The maximum atomic E-state index is 10.7. The van der Waals surface area contributed by atoms with Crippen LogP contribution in [0.15, 0.2) is 0 Å². The van der Waals surface area contributed by atoms with Crippen LogP contribution in [0.25, 0.3) is 0 Å². The van der Waals surface area contributed by atoms with Crippen molar-refractivity contribution in [2.75, 3.05) is 6.73 Å². The van der Waals surface area contributed by atoms with Gasteiger partial charge in [-0.1, -0.05) is 13.8 Å². The summed E-state index contributed by atoms with van der Waals surface area (Å²) < 4.78 is 0. The molecule has 4 nitrogen and oxygen atoms in total. The van der Waals surface area contributed by atoms with Crippen LogP contribution >= 0.6 is 0 Å². The second-order valence-electron chi connectivity index (χ2n) is 2.03. The highest BCUT2D eigenvalue weighted by Gasteiger charge is 2.10. The van der Waals surface area contributed by atoms with Crippen molar-refractivity contribution in [3.8, 4) is 0 Å². The zero-order valence-electron chi connectivity index (χ0n) is 6.26. The van der Waals surface area contributed by atoms with Gasteiger partial charge < -0.3 is 9.94 Å². The normalized spacial score (nSPS) is 12.7. The fraction of sp³-hybridized carbons (Fsp3) is 0.833. The quantitative estimate of drug-likeness (QED) is 0.435. The molecule has 0 spiro atoms. The average Bonchev–Trinajstić information content (AvgIpc) is 1.98. The number of hydroxylamine groups is 1. The van der Waals surface area contributed by atoms with Gasteiger partial charge in [-0.3, -0.25) is 4.79 Å². The molecule has 0 heterocycles. The van der Waals surface area contributed by atoms with Crippen LogP contribution in [0.1, 0.15) is 20.3 Å². The van der Waals surface area contributed by atoms with Gasteiger partial charge in [-0.05, 0) is 6.42 Å². The molecule has 0 fully saturated rings. The average molecular weight is 147 g/mol. The Morgan fingerprint density at radius 2 is 2.40 bits per heavy atom. The zero-order valence-corrected chi connectivity index (χ0v) is 6.26. The second-order valence-corrected chi connectivity index (χ2v) is 2.03. The Labute approximate surface area is 60.1 Å². The van der Waals surface area contributed by atoms with E-state index < -0.39 is 0 Å². The summed E-state index contributed by atoms with van der Waals surface area (Å²) in [6, 6.07) is 0. The molecule has 0 rings (SSSR count). The molecule has 0 radical (unpaired) electrons. The lowest BCUT2D eigenvalue weighted by molar-refractivity contribution is -0.158. The van der Waals surface area contributed by atoms with Gasteiger partial charge in [0.15, 0.2) is 0 Å². The summed E-state index contributed by atoms with van der Waals surface area (Å²) in [6.45, 7) is 3.31. The summed E-state index contributed by atoms with van der Waals surface area (Å²) in [5.41, 5.74) is 2.07. The fourth-order valence-corrected chi connectivity index (χ4v) is 0.371. The maximum Gasteiger partial charge on any atom is 0.327 e. The van der Waals surface area contributed by atoms with E-state index in [-0.39, 0.29) is 18.6 Å². The molecule has 1 atom stereocenters. The van der Waals surface area contributed by atoms with E-state index in [1.165, 1.54) is 0 Å². The van der Waals surface area contributed by atoms with Crippen LogP contribution in [-0.2, 0) is 9.63 Å². The number of rotatable bonds is 4. The van der Waals surface area contributed by atoms with E-state index in [1.807, 2.05) is 6.92 Å². The number of nitrogens with one attached hydrogen (secondary N) is 1. The molecular formula is C6H13NO3. The fourth-order valence-electron chi connectivity index (χ4n) is 0.371. The van der Waals surface area contributed by atoms with Gasteiger partial charge in [0.2, 0.25) is 0 Å². The number of aliphatic hydroxyl groups is 1. The van der Waals surface area contributed by atoms with Crippen molar-refractivity contribution < 1.29 is 14.7 Å². The first-order valence-corrected chi connectivity index (χ1v) is 3.26. The molecule has 0 aromatic rings. The molecule has 0 saturated carbocycles. The minimum Gasteiger partial charge on any atom is -0.378 e. The van der Waals surface area contributed by atoms with E-state index >= 15 is 0 Å². The summed E-state index contributed by atoms with van der Waals surface area (Å²) in [4.78, 5) is 15.1. The van der Waals surface area contributed by atoms with Crippen LogP contribution in [0.3, 0.4) is 0 Å². The summed E-state index contributed by atoms with van der Waals surface area (Å²) in [7, 11) is 0. The Morgan fingerprint density at radius 3 is 2.80 bits per heavy atom. The van der Waals surface area contributed by atoms with Crippen molar-refractivity contribution in [3.05, 3.63) is 0 Å². The van der Waals surface area contributed by atoms with Gasteiger partial charge in [-0.25, -0.2) is 0 Å². The number of aliphatic hydroxyl groups excluding tert-OH is 1. The van der Waals surface area contributed by atoms with Crippen molar-refractivity contribution >= 4 is 5.97 Å². The second kappa shape index (κ2) is 5.20. The molecular weight excluding hydrogens is 134 g/mol. The van der Waals surface area contributed by atoms with E-state index in [2.05, 4.69) is 10.3 Å². The summed E-state index contributed by atoms with van der Waals surface area (Å²) >= 11 is 0. The van der Waals surface area contributed by atoms with Gasteiger partial charge in [-0.15, -0.1) is 5.48 Å². The van der Waals surface area contributed by atoms with Crippen molar-refractivity contribution in [2.45, 2.75) is 20.3 Å². The summed E-state index contributed by atoms with van der Waals surface area (Å²) in [6.07, 6.45) is 0.742. The molecule has 0 aliphatic rings. The molecule has 0 aliphatic carbocycles. The standard InChI is InChI=1S/C6H13NO3/c1-3-5(2)6(9)10-7-4-8/h5,7-8H,3-4H2,1-2H3. The van der Waals surface area contributed by atoms with Crippen LogP contribution in [0.4, 0.5) is 0 Å². The highest BCUT2D eigenvalue weighted by Crippen LogP contribution is 2.00. The van der Waals surface area contributed by atoms with Gasteiger partial charge in [0.1, 0.15) is 6.73 Å². The first kappa shape index (κ1) is 9.39. The summed E-state index contributed by atoms with van der Waals surface area (Å²) in [5.74, 6) is -0.449. The molecule has 60 valence electrons. The highest BCUT2D eigenvalue weighted by atomic mass is 16.7. The number of carbonyl (C=O) groups excluding carboxylic acids is 1. The molecule has 0 bridgehead atoms. The van der Waals surface area contributed by atoms with Gasteiger partial charge in [0, 0.05) is 0 Å².